The van der Waals surface area contributed by atoms with E-state index in [-0.39, 0.29) is 0 Å². The predicted octanol–water partition coefficient (Wildman–Crippen LogP) is 28.3. The van der Waals surface area contributed by atoms with Crippen molar-refractivity contribution in [2.45, 2.75) is 216 Å². The highest BCUT2D eigenvalue weighted by Gasteiger charge is 2.18. The summed E-state index contributed by atoms with van der Waals surface area (Å²) in [4.78, 5) is 13.1. The second kappa shape index (κ2) is 37.6. The van der Waals surface area contributed by atoms with E-state index in [0.29, 0.717) is 32.5 Å². The van der Waals surface area contributed by atoms with Gasteiger partial charge in [0.15, 0.2) is 0 Å². The van der Waals surface area contributed by atoms with E-state index in [4.69, 9.17) is 0 Å². The Hall–Kier alpha value is -8.53. The predicted molar refractivity (Wildman–Crippen MR) is 446 cm³/mol. The summed E-state index contributed by atoms with van der Waals surface area (Å²) in [6.45, 7) is 45.1. The number of aryl methyl sites for hydroxylation is 2. The molecule has 10 aromatic rings. The maximum atomic E-state index is 4.37. The third-order valence-electron chi connectivity index (χ3n) is 17.4. The summed E-state index contributed by atoms with van der Waals surface area (Å²) >= 11 is 0. The van der Waals surface area contributed by atoms with Crippen LogP contribution in [0.3, 0.4) is 0 Å². The number of nitrogens with zero attached hydrogens (tertiary/aromatic N) is 3. The molecular weight excluding hydrogens is 1230 g/mol. The fraction of sp³-hybridized carbons (Fsp3) is 0.384. The van der Waals surface area contributed by atoms with Gasteiger partial charge in [0.25, 0.3) is 0 Å². The third kappa shape index (κ3) is 31.0. The van der Waals surface area contributed by atoms with Crippen molar-refractivity contribution in [3.63, 3.8) is 0 Å². The molecule has 0 radical (unpaired) electrons. The van der Waals surface area contributed by atoms with Crippen LogP contribution in [0.2, 0.25) is 0 Å². The summed E-state index contributed by atoms with van der Waals surface area (Å²) in [6.07, 6.45) is 30.8. The topological polar surface area (TPSA) is 38.7 Å². The van der Waals surface area contributed by atoms with Crippen molar-refractivity contribution < 1.29 is 0 Å². The Morgan fingerprint density at radius 1 is 0.235 bits per heavy atom. The smallest absolute Gasteiger partial charge is 0.0346 e. The van der Waals surface area contributed by atoms with Gasteiger partial charge in [0.05, 0.1) is 0 Å². The molecule has 3 nitrogen and oxygen atoms in total. The fourth-order valence-electron chi connectivity index (χ4n) is 13.0. The number of allylic oxidation sites excluding steroid dienone is 4. The molecule has 0 bridgehead atoms. The van der Waals surface area contributed by atoms with Crippen molar-refractivity contribution in [2.24, 2.45) is 32.5 Å². The van der Waals surface area contributed by atoms with E-state index < -0.39 is 0 Å². The van der Waals surface area contributed by atoms with Gasteiger partial charge in [-0.25, -0.2) is 0 Å². The normalized spacial score (nSPS) is 13.0. The minimum atomic E-state index is 0.299. The van der Waals surface area contributed by atoms with Crippen LogP contribution in [0, 0.1) is 46.3 Å². The second-order valence-electron chi connectivity index (χ2n) is 36.0. The lowest BCUT2D eigenvalue weighted by Crippen LogP contribution is -2.09. The van der Waals surface area contributed by atoms with Crippen LogP contribution >= 0.6 is 0 Å². The molecule has 12 rings (SSSR count). The van der Waals surface area contributed by atoms with Crippen molar-refractivity contribution in [3.05, 3.63) is 305 Å². The molecule has 3 heteroatoms. The molecule has 2 aliphatic carbocycles. The highest BCUT2D eigenvalue weighted by Crippen LogP contribution is 2.33. The standard InChI is InChI=1S/C18H22.C17H21N.C17H20.C16H19N.C16H22.C15H21N/c1-14-5-9-16(10-6-14)17-11-7-15(8-12-17)13-18(2,3)4;1-13-5-7-15(8-6-13)16-9-14(11-18-12-16)10-17(2,3)4;1-17(2,3)13-14-9-11-16(12-10-14)15-7-5-4-6-8-15;1-16(2,3)10-13-9-15(12-17-11-13)14-7-5-4-6-8-14;1-16(2,3)12-13-7-6-10-15(11-13)14-8-4-5-9-14;1-15(2,3)9-12-8-14(11-16-10-12)13-6-4-5-7-13/h5-12H,13H2,1-4H3;5-9,11-12H,10H2,1-4H3;4-12H,13H2,1-3H3;4-9,11-12H,10H2,1-3H3;6-8,10-11H,4-5,9,12H2,1-3H3;6,8,10-11H,4-5,7,9H2,1-3H3. The molecule has 0 atom stereocenters. The van der Waals surface area contributed by atoms with Gasteiger partial charge in [-0.15, -0.1) is 0 Å². The van der Waals surface area contributed by atoms with Gasteiger partial charge < -0.3 is 0 Å². The van der Waals surface area contributed by atoms with Gasteiger partial charge >= 0.3 is 0 Å². The SMILES string of the molecule is CC(C)(C)Cc1ccc(-c2ccccc2)cc1.CC(C)(C)Cc1cccc(C2=CCCC2)c1.CC(C)(C)Cc1cncc(-c2ccccc2)c1.CC(C)(C)Cc1cncc(C2=CCCC2)c1.Cc1ccc(-c2ccc(CC(C)(C)C)cc2)cc1.Cc1ccc(-c2cncc(CC(C)(C)C)c2)cc1. The maximum Gasteiger partial charge on any atom is 0.0346 e. The Morgan fingerprint density at radius 2 is 0.500 bits per heavy atom. The van der Waals surface area contributed by atoms with E-state index in [0.717, 1.165) is 38.5 Å². The molecule has 0 saturated carbocycles. The number of hydrogen-bond acceptors (Lipinski definition) is 3. The molecule has 0 amide bonds. The van der Waals surface area contributed by atoms with Gasteiger partial charge in [0.2, 0.25) is 0 Å². The molecule has 7 aromatic carbocycles. The average molecular weight is 1360 g/mol. The zero-order chi connectivity index (χ0) is 74.1. The largest absolute Gasteiger partial charge is 0.264 e. The van der Waals surface area contributed by atoms with Gasteiger partial charge in [0.1, 0.15) is 0 Å². The lowest BCUT2D eigenvalue weighted by atomic mass is 9.87. The van der Waals surface area contributed by atoms with Crippen LogP contribution in [-0.4, -0.2) is 15.0 Å². The Kier molecular flexibility index (Phi) is 29.8. The summed E-state index contributed by atoms with van der Waals surface area (Å²) in [7, 11) is 0. The van der Waals surface area contributed by atoms with E-state index in [1.807, 2.05) is 43.2 Å². The first-order valence-corrected chi connectivity index (χ1v) is 37.8. The van der Waals surface area contributed by atoms with Crippen LogP contribution < -0.4 is 0 Å². The molecule has 536 valence electrons. The number of hydrogen-bond donors (Lipinski definition) is 0. The van der Waals surface area contributed by atoms with Gasteiger partial charge in [0, 0.05) is 48.3 Å². The van der Waals surface area contributed by atoms with Crippen LogP contribution in [0.5, 0.6) is 0 Å². The minimum Gasteiger partial charge on any atom is -0.264 e. The quantitative estimate of drug-likeness (QED) is 0.122. The van der Waals surface area contributed by atoms with E-state index in [2.05, 4.69) is 360 Å². The number of pyridine rings is 3. The second-order valence-corrected chi connectivity index (χ2v) is 36.0. The van der Waals surface area contributed by atoms with E-state index in [1.54, 1.807) is 5.57 Å². The van der Waals surface area contributed by atoms with Crippen LogP contribution in [0.1, 0.15) is 219 Å². The number of benzene rings is 7. The molecule has 0 saturated heterocycles. The minimum absolute atomic E-state index is 0.299. The van der Waals surface area contributed by atoms with Crippen molar-refractivity contribution in [1.29, 1.82) is 0 Å². The zero-order valence-corrected chi connectivity index (χ0v) is 66.5. The summed E-state index contributed by atoms with van der Waals surface area (Å²) in [5, 5.41) is 0. The zero-order valence-electron chi connectivity index (χ0n) is 66.5. The van der Waals surface area contributed by atoms with Crippen molar-refractivity contribution in [1.82, 2.24) is 15.0 Å². The lowest BCUT2D eigenvalue weighted by Gasteiger charge is -2.18. The maximum absolute atomic E-state index is 4.37. The third-order valence-corrected chi connectivity index (χ3v) is 17.4. The van der Waals surface area contributed by atoms with E-state index in [1.165, 1.54) is 144 Å². The Balaban J connectivity index is 0.000000172. The number of rotatable bonds is 12. The molecule has 0 spiro atoms. The highest BCUT2D eigenvalue weighted by molar-refractivity contribution is 5.69. The van der Waals surface area contributed by atoms with Gasteiger partial charge in [-0.05, 0) is 231 Å². The van der Waals surface area contributed by atoms with Crippen LogP contribution in [0.4, 0.5) is 0 Å². The first-order valence-electron chi connectivity index (χ1n) is 37.8. The van der Waals surface area contributed by atoms with Crippen molar-refractivity contribution in [2.75, 3.05) is 0 Å². The molecule has 0 N–H and O–H groups in total. The van der Waals surface area contributed by atoms with Gasteiger partial charge in [-0.1, -0.05) is 330 Å². The summed E-state index contributed by atoms with van der Waals surface area (Å²) in [5.74, 6) is 0. The van der Waals surface area contributed by atoms with Gasteiger partial charge in [-0.2, -0.15) is 0 Å². The number of aromatic nitrogens is 3. The Morgan fingerprint density at radius 3 is 0.843 bits per heavy atom. The van der Waals surface area contributed by atoms with E-state index in [9.17, 15) is 0 Å². The summed E-state index contributed by atoms with van der Waals surface area (Å²) < 4.78 is 0. The molecule has 3 aromatic heterocycles. The summed E-state index contributed by atoms with van der Waals surface area (Å²) in [6, 6.07) is 72.0. The molecule has 3 heterocycles. The van der Waals surface area contributed by atoms with Gasteiger partial charge in [-0.3, -0.25) is 15.0 Å². The fourth-order valence-corrected chi connectivity index (χ4v) is 13.0. The van der Waals surface area contributed by atoms with Crippen molar-refractivity contribution in [3.8, 4) is 44.5 Å². The molecule has 102 heavy (non-hydrogen) atoms. The molecule has 2 aliphatic rings. The Labute approximate surface area is 620 Å². The monoisotopic (exact) mass is 1360 g/mol. The first-order chi connectivity index (χ1) is 48.1. The molecule has 0 aliphatic heterocycles. The molecule has 0 unspecified atom stereocenters. The summed E-state index contributed by atoms with van der Waals surface area (Å²) in [5.41, 5.74) is 28.8. The van der Waals surface area contributed by atoms with Crippen LogP contribution in [0.25, 0.3) is 55.7 Å². The average Bonchev–Trinajstić information content (AvgIpc) is 1.23. The first kappa shape index (κ1) is 80.8. The van der Waals surface area contributed by atoms with Crippen LogP contribution in [0.15, 0.2) is 250 Å². The Bertz CT molecular complexity index is 4080. The van der Waals surface area contributed by atoms with Crippen LogP contribution in [-0.2, 0) is 38.5 Å². The molecular formula is C99H125N3. The lowest BCUT2D eigenvalue weighted by molar-refractivity contribution is 0.410. The highest BCUT2D eigenvalue weighted by atomic mass is 14.6. The molecule has 0 fully saturated rings. The van der Waals surface area contributed by atoms with Crippen molar-refractivity contribution >= 4 is 11.1 Å². The van der Waals surface area contributed by atoms with E-state index >= 15 is 0 Å².